The number of nitro benzene ring substituents is 1. The molecule has 0 spiro atoms. The van der Waals surface area contributed by atoms with Crippen LogP contribution in [0.15, 0.2) is 51.7 Å². The van der Waals surface area contributed by atoms with Crippen LogP contribution in [0.1, 0.15) is 54.6 Å². The number of carbonyl (C=O) groups is 1. The Morgan fingerprint density at radius 1 is 1.24 bits per heavy atom. The second-order valence-electron chi connectivity index (χ2n) is 8.43. The van der Waals surface area contributed by atoms with Crippen LogP contribution in [-0.2, 0) is 0 Å². The standard InChI is InChI=1S/C24H24ClN3O6/c1-13(17-4-2-3-5-20(17)28(31)32)33-22-12-21-14(11-19(22)25)10-18(24(30)34-21)23(29)27-16-8-6-15(26)7-9-16/h2-5,10-13,15-16H,6-9,26H2,1H3,(H,27,29)/t13?,15-,16-. The molecule has 0 saturated heterocycles. The molecule has 3 aromatic rings. The van der Waals surface area contributed by atoms with Gasteiger partial charge in [0.25, 0.3) is 11.6 Å². The second kappa shape index (κ2) is 9.82. The van der Waals surface area contributed by atoms with Crippen LogP contribution in [0.3, 0.4) is 0 Å². The number of nitro groups is 1. The van der Waals surface area contributed by atoms with Crippen molar-refractivity contribution in [2.75, 3.05) is 0 Å². The van der Waals surface area contributed by atoms with Crippen molar-refractivity contribution >= 4 is 34.2 Å². The van der Waals surface area contributed by atoms with Gasteiger partial charge in [0.05, 0.1) is 15.5 Å². The average molecular weight is 486 g/mol. The lowest BCUT2D eigenvalue weighted by Crippen LogP contribution is -2.41. The van der Waals surface area contributed by atoms with E-state index in [0.29, 0.717) is 10.9 Å². The van der Waals surface area contributed by atoms with Crippen LogP contribution >= 0.6 is 11.6 Å². The van der Waals surface area contributed by atoms with Crippen molar-refractivity contribution < 1.29 is 18.9 Å². The summed E-state index contributed by atoms with van der Waals surface area (Å²) in [7, 11) is 0. The Bertz CT molecular complexity index is 1300. The maximum absolute atomic E-state index is 12.7. The summed E-state index contributed by atoms with van der Waals surface area (Å²) < 4.78 is 11.3. The Morgan fingerprint density at radius 3 is 2.65 bits per heavy atom. The molecule has 10 heteroatoms. The van der Waals surface area contributed by atoms with E-state index in [1.165, 1.54) is 24.3 Å². The molecule has 1 aromatic heterocycles. The Morgan fingerprint density at radius 2 is 1.94 bits per heavy atom. The number of rotatable bonds is 6. The molecular weight excluding hydrogens is 462 g/mol. The van der Waals surface area contributed by atoms with Crippen molar-refractivity contribution in [2.24, 2.45) is 5.73 Å². The molecule has 1 amide bonds. The first-order valence-corrected chi connectivity index (χ1v) is 11.3. The fourth-order valence-corrected chi connectivity index (χ4v) is 4.36. The number of nitrogens with two attached hydrogens (primary N) is 1. The second-order valence-corrected chi connectivity index (χ2v) is 8.84. The van der Waals surface area contributed by atoms with Gasteiger partial charge in [-0.05, 0) is 50.8 Å². The number of hydrogen-bond acceptors (Lipinski definition) is 7. The number of hydrogen-bond donors (Lipinski definition) is 2. The summed E-state index contributed by atoms with van der Waals surface area (Å²) in [4.78, 5) is 36.1. The van der Waals surface area contributed by atoms with E-state index >= 15 is 0 Å². The molecule has 1 aliphatic rings. The highest BCUT2D eigenvalue weighted by Crippen LogP contribution is 2.35. The van der Waals surface area contributed by atoms with E-state index in [1.54, 1.807) is 25.1 Å². The van der Waals surface area contributed by atoms with Gasteiger partial charge in [-0.25, -0.2) is 4.79 Å². The summed E-state index contributed by atoms with van der Waals surface area (Å²) in [6.45, 7) is 1.66. The third-order valence-electron chi connectivity index (χ3n) is 6.01. The number of nitrogens with zero attached hydrogens (tertiary/aromatic N) is 1. The van der Waals surface area contributed by atoms with Gasteiger partial charge >= 0.3 is 5.63 Å². The lowest BCUT2D eigenvalue weighted by molar-refractivity contribution is -0.386. The minimum Gasteiger partial charge on any atom is -0.484 e. The topological polar surface area (TPSA) is 138 Å². The lowest BCUT2D eigenvalue weighted by Gasteiger charge is -2.26. The molecule has 0 aliphatic heterocycles. The van der Waals surface area contributed by atoms with E-state index in [2.05, 4.69) is 5.32 Å². The zero-order chi connectivity index (χ0) is 24.4. The van der Waals surface area contributed by atoms with Crippen molar-refractivity contribution in [3.63, 3.8) is 0 Å². The van der Waals surface area contributed by atoms with E-state index in [9.17, 15) is 19.7 Å². The summed E-state index contributed by atoms with van der Waals surface area (Å²) in [5.41, 5.74) is 5.49. The molecule has 1 unspecified atom stereocenters. The third kappa shape index (κ3) is 5.05. The SMILES string of the molecule is CC(Oc1cc2oc(=O)c(C(=O)N[C@H]3CC[C@H](N)CC3)cc2cc1Cl)c1ccccc1[N+](=O)[O-]. The van der Waals surface area contributed by atoms with Gasteiger partial charge in [-0.15, -0.1) is 0 Å². The van der Waals surface area contributed by atoms with Gasteiger partial charge in [0.2, 0.25) is 0 Å². The molecule has 0 bridgehead atoms. The van der Waals surface area contributed by atoms with Gasteiger partial charge in [-0.3, -0.25) is 14.9 Å². The first kappa shape index (κ1) is 23.7. The molecule has 1 fully saturated rings. The van der Waals surface area contributed by atoms with Gasteiger partial charge in [0, 0.05) is 29.6 Å². The van der Waals surface area contributed by atoms with Gasteiger partial charge in [0.1, 0.15) is 23.0 Å². The Hall–Kier alpha value is -3.43. The smallest absolute Gasteiger partial charge is 0.349 e. The fraction of sp³-hybridized carbons (Fsp3) is 0.333. The summed E-state index contributed by atoms with van der Waals surface area (Å²) in [5.74, 6) is -0.309. The maximum atomic E-state index is 12.7. The molecule has 1 saturated carbocycles. The van der Waals surface area contributed by atoms with Crippen LogP contribution in [0.5, 0.6) is 5.75 Å². The predicted octanol–water partition coefficient (Wildman–Crippen LogP) is 4.49. The van der Waals surface area contributed by atoms with Crippen LogP contribution in [0.4, 0.5) is 5.69 Å². The zero-order valence-electron chi connectivity index (χ0n) is 18.5. The average Bonchev–Trinajstić information content (AvgIpc) is 2.81. The molecule has 4 rings (SSSR count). The van der Waals surface area contributed by atoms with Crippen LogP contribution in [0.2, 0.25) is 5.02 Å². The highest BCUT2D eigenvalue weighted by molar-refractivity contribution is 6.32. The van der Waals surface area contributed by atoms with E-state index in [4.69, 9.17) is 26.5 Å². The highest BCUT2D eigenvalue weighted by Gasteiger charge is 2.24. The van der Waals surface area contributed by atoms with Crippen molar-refractivity contribution in [3.8, 4) is 5.75 Å². The summed E-state index contributed by atoms with van der Waals surface area (Å²) in [5, 5.41) is 14.9. The zero-order valence-corrected chi connectivity index (χ0v) is 19.2. The third-order valence-corrected chi connectivity index (χ3v) is 6.31. The van der Waals surface area contributed by atoms with Gasteiger partial charge in [-0.2, -0.15) is 0 Å². The van der Waals surface area contributed by atoms with Crippen LogP contribution in [-0.4, -0.2) is 22.9 Å². The number of fused-ring (bicyclic) bond motifs is 1. The lowest BCUT2D eigenvalue weighted by atomic mass is 9.91. The highest BCUT2D eigenvalue weighted by atomic mass is 35.5. The van der Waals surface area contributed by atoms with Gasteiger partial charge in [0.15, 0.2) is 0 Å². The maximum Gasteiger partial charge on any atom is 0.349 e. The van der Waals surface area contributed by atoms with E-state index < -0.39 is 22.6 Å². The van der Waals surface area contributed by atoms with Gasteiger partial charge in [-0.1, -0.05) is 23.7 Å². The number of para-hydroxylation sites is 1. The van der Waals surface area contributed by atoms with Crippen LogP contribution < -0.4 is 21.4 Å². The minimum absolute atomic E-state index is 0.0368. The molecule has 1 aliphatic carbocycles. The Kier molecular flexibility index (Phi) is 6.85. The van der Waals surface area contributed by atoms with E-state index in [1.807, 2.05) is 0 Å². The molecule has 9 nitrogen and oxygen atoms in total. The number of nitrogens with one attached hydrogen (secondary N) is 1. The van der Waals surface area contributed by atoms with Gasteiger partial charge < -0.3 is 20.2 Å². The molecule has 1 heterocycles. The van der Waals surface area contributed by atoms with E-state index in [0.717, 1.165) is 25.7 Å². The molecule has 0 radical (unpaired) electrons. The quantitative estimate of drug-likeness (QED) is 0.298. The van der Waals surface area contributed by atoms with Crippen molar-refractivity contribution in [1.82, 2.24) is 5.32 Å². The summed E-state index contributed by atoms with van der Waals surface area (Å²) in [6, 6.07) is 10.8. The van der Waals surface area contributed by atoms with Crippen molar-refractivity contribution in [2.45, 2.75) is 50.8 Å². The van der Waals surface area contributed by atoms with Crippen LogP contribution in [0, 0.1) is 10.1 Å². The Balaban J connectivity index is 1.58. The first-order valence-electron chi connectivity index (χ1n) is 11.0. The summed E-state index contributed by atoms with van der Waals surface area (Å²) >= 11 is 6.39. The van der Waals surface area contributed by atoms with Crippen molar-refractivity contribution in [3.05, 3.63) is 79.1 Å². The fourth-order valence-electron chi connectivity index (χ4n) is 4.15. The summed E-state index contributed by atoms with van der Waals surface area (Å²) in [6.07, 6.45) is 2.46. The number of carbonyl (C=O) groups excluding carboxylic acids is 1. The predicted molar refractivity (Wildman–Crippen MR) is 127 cm³/mol. The molecule has 2 aromatic carbocycles. The van der Waals surface area contributed by atoms with Crippen molar-refractivity contribution in [1.29, 1.82) is 0 Å². The minimum atomic E-state index is -0.780. The molecule has 3 N–H and O–H groups in total. The largest absolute Gasteiger partial charge is 0.484 e. The number of ether oxygens (including phenoxy) is 1. The normalized spacial score (nSPS) is 18.9. The molecule has 1 atom stereocenters. The molecule has 34 heavy (non-hydrogen) atoms. The molecular formula is C24H24ClN3O6. The van der Waals surface area contributed by atoms with Crippen LogP contribution in [0.25, 0.3) is 11.0 Å². The Labute approximate surface area is 200 Å². The number of benzene rings is 2. The molecule has 178 valence electrons. The first-order chi connectivity index (χ1) is 16.2. The van der Waals surface area contributed by atoms with E-state index in [-0.39, 0.29) is 39.7 Å². The number of halogens is 1. The number of amides is 1. The monoisotopic (exact) mass is 485 g/mol.